The van der Waals surface area contributed by atoms with Crippen molar-refractivity contribution in [3.8, 4) is 0 Å². The van der Waals surface area contributed by atoms with Crippen LogP contribution >= 0.6 is 0 Å². The summed E-state index contributed by atoms with van der Waals surface area (Å²) in [7, 11) is 2.21. The van der Waals surface area contributed by atoms with E-state index in [0.717, 1.165) is 26.4 Å². The average Bonchev–Trinajstić information content (AvgIpc) is 2.17. The van der Waals surface area contributed by atoms with Gasteiger partial charge in [0.15, 0.2) is 0 Å². The average molecular weight is 199 g/mol. The number of rotatable bonds is 2. The number of likely N-dealkylation sites (tertiary alicyclic amines) is 1. The van der Waals surface area contributed by atoms with E-state index in [1.54, 1.807) is 0 Å². The molecule has 0 aromatic heterocycles. The standard InChI is InChI=1S/C11H21NO2/c1-4-14-11-9-5-12(3)8(2)10(11)7-13-6-9/h8-11H,4-7H2,1-3H3. The molecule has 0 spiro atoms. The fraction of sp³-hybridized carbons (Fsp3) is 1.00. The van der Waals surface area contributed by atoms with Crippen molar-refractivity contribution < 1.29 is 9.47 Å². The molecule has 0 aromatic carbocycles. The Balaban J connectivity index is 2.09. The summed E-state index contributed by atoms with van der Waals surface area (Å²) >= 11 is 0. The number of ether oxygens (including phenoxy) is 2. The third-order valence-corrected chi connectivity index (χ3v) is 3.73. The lowest BCUT2D eigenvalue weighted by Crippen LogP contribution is -2.59. The maximum absolute atomic E-state index is 5.86. The highest BCUT2D eigenvalue weighted by molar-refractivity contribution is 4.94. The SMILES string of the molecule is CCOC1C2COCC1C(C)N(C)C2. The molecule has 2 bridgehead atoms. The van der Waals surface area contributed by atoms with Crippen LogP contribution in [-0.4, -0.2) is 50.5 Å². The molecule has 82 valence electrons. The zero-order valence-corrected chi connectivity index (χ0v) is 9.40. The Morgan fingerprint density at radius 1 is 1.43 bits per heavy atom. The molecule has 2 heterocycles. The molecule has 4 unspecified atom stereocenters. The fourth-order valence-corrected chi connectivity index (χ4v) is 2.78. The van der Waals surface area contributed by atoms with E-state index in [0.29, 0.717) is 24.0 Å². The second kappa shape index (κ2) is 4.17. The molecular weight excluding hydrogens is 178 g/mol. The second-order valence-corrected chi connectivity index (χ2v) is 4.56. The highest BCUT2D eigenvalue weighted by Gasteiger charge is 2.43. The Morgan fingerprint density at radius 2 is 2.21 bits per heavy atom. The summed E-state index contributed by atoms with van der Waals surface area (Å²) < 4.78 is 11.5. The molecule has 2 aliphatic rings. The van der Waals surface area contributed by atoms with Crippen LogP contribution in [0, 0.1) is 11.8 Å². The molecule has 2 aliphatic heterocycles. The largest absolute Gasteiger partial charge is 0.381 e. The van der Waals surface area contributed by atoms with Crippen LogP contribution in [0.15, 0.2) is 0 Å². The summed E-state index contributed by atoms with van der Waals surface area (Å²) in [6.07, 6.45) is 0.431. The van der Waals surface area contributed by atoms with E-state index in [-0.39, 0.29) is 0 Å². The summed E-state index contributed by atoms with van der Waals surface area (Å²) in [5, 5.41) is 0. The lowest BCUT2D eigenvalue weighted by Gasteiger charge is -2.49. The Morgan fingerprint density at radius 3 is 2.93 bits per heavy atom. The third kappa shape index (κ3) is 1.69. The third-order valence-electron chi connectivity index (χ3n) is 3.73. The topological polar surface area (TPSA) is 21.7 Å². The van der Waals surface area contributed by atoms with Crippen molar-refractivity contribution in [2.45, 2.75) is 26.0 Å². The number of fused-ring (bicyclic) bond motifs is 2. The van der Waals surface area contributed by atoms with Crippen LogP contribution in [-0.2, 0) is 9.47 Å². The van der Waals surface area contributed by atoms with E-state index < -0.39 is 0 Å². The van der Waals surface area contributed by atoms with Gasteiger partial charge in [0.05, 0.1) is 19.3 Å². The smallest absolute Gasteiger partial charge is 0.0702 e. The quantitative estimate of drug-likeness (QED) is 0.662. The normalized spacial score (nSPS) is 43.9. The van der Waals surface area contributed by atoms with E-state index in [9.17, 15) is 0 Å². The summed E-state index contributed by atoms with van der Waals surface area (Å²) in [6.45, 7) is 8.04. The van der Waals surface area contributed by atoms with Crippen LogP contribution in [0.3, 0.4) is 0 Å². The molecule has 0 aliphatic carbocycles. The summed E-state index contributed by atoms with van der Waals surface area (Å²) in [5.74, 6) is 1.14. The Kier molecular flexibility index (Phi) is 3.10. The Labute approximate surface area is 86.4 Å². The molecule has 14 heavy (non-hydrogen) atoms. The van der Waals surface area contributed by atoms with Crippen molar-refractivity contribution in [1.29, 1.82) is 0 Å². The van der Waals surface area contributed by atoms with E-state index in [1.807, 2.05) is 0 Å². The molecule has 2 fully saturated rings. The van der Waals surface area contributed by atoms with Gasteiger partial charge in [-0.05, 0) is 20.9 Å². The number of hydrogen-bond acceptors (Lipinski definition) is 3. The van der Waals surface area contributed by atoms with Gasteiger partial charge in [-0.2, -0.15) is 0 Å². The van der Waals surface area contributed by atoms with E-state index >= 15 is 0 Å². The molecule has 3 nitrogen and oxygen atoms in total. The van der Waals surface area contributed by atoms with Gasteiger partial charge in [-0.1, -0.05) is 0 Å². The lowest BCUT2D eigenvalue weighted by atomic mass is 9.80. The predicted molar refractivity (Wildman–Crippen MR) is 55.3 cm³/mol. The van der Waals surface area contributed by atoms with Crippen molar-refractivity contribution >= 4 is 0 Å². The summed E-state index contributed by atoms with van der Waals surface area (Å²) in [4.78, 5) is 2.44. The monoisotopic (exact) mass is 199 g/mol. The summed E-state index contributed by atoms with van der Waals surface area (Å²) in [6, 6.07) is 0.586. The molecular formula is C11H21NO2. The molecule has 4 atom stereocenters. The molecule has 0 N–H and O–H groups in total. The maximum atomic E-state index is 5.86. The van der Waals surface area contributed by atoms with Crippen LogP contribution in [0.1, 0.15) is 13.8 Å². The zero-order chi connectivity index (χ0) is 10.1. The minimum Gasteiger partial charge on any atom is -0.381 e. The fourth-order valence-electron chi connectivity index (χ4n) is 2.78. The minimum absolute atomic E-state index is 0.431. The van der Waals surface area contributed by atoms with E-state index in [1.165, 1.54) is 0 Å². The summed E-state index contributed by atoms with van der Waals surface area (Å²) in [5.41, 5.74) is 0. The van der Waals surface area contributed by atoms with Gasteiger partial charge in [0.2, 0.25) is 0 Å². The number of nitrogens with zero attached hydrogens (tertiary/aromatic N) is 1. The molecule has 2 rings (SSSR count). The van der Waals surface area contributed by atoms with Crippen molar-refractivity contribution in [1.82, 2.24) is 4.90 Å². The van der Waals surface area contributed by atoms with Gasteiger partial charge in [0.1, 0.15) is 0 Å². The first-order chi connectivity index (χ1) is 6.74. The van der Waals surface area contributed by atoms with Gasteiger partial charge in [0.25, 0.3) is 0 Å². The highest BCUT2D eigenvalue weighted by Crippen LogP contribution is 2.33. The minimum atomic E-state index is 0.431. The zero-order valence-electron chi connectivity index (χ0n) is 9.40. The first-order valence-electron chi connectivity index (χ1n) is 5.63. The highest BCUT2D eigenvalue weighted by atomic mass is 16.5. The van der Waals surface area contributed by atoms with Gasteiger partial charge in [-0.15, -0.1) is 0 Å². The number of hydrogen-bond donors (Lipinski definition) is 0. The van der Waals surface area contributed by atoms with Crippen LogP contribution in [0.25, 0.3) is 0 Å². The van der Waals surface area contributed by atoms with Crippen molar-refractivity contribution in [2.75, 3.05) is 33.4 Å². The number of piperidine rings is 1. The van der Waals surface area contributed by atoms with Gasteiger partial charge < -0.3 is 14.4 Å². The molecule has 0 saturated carbocycles. The first-order valence-corrected chi connectivity index (χ1v) is 5.63. The molecule has 0 amide bonds. The van der Waals surface area contributed by atoms with Gasteiger partial charge in [-0.25, -0.2) is 0 Å². The first kappa shape index (κ1) is 10.4. The lowest BCUT2D eigenvalue weighted by molar-refractivity contribution is -0.161. The molecule has 0 radical (unpaired) electrons. The van der Waals surface area contributed by atoms with E-state index in [2.05, 4.69) is 25.8 Å². The predicted octanol–water partition coefficient (Wildman–Crippen LogP) is 0.988. The van der Waals surface area contributed by atoms with Gasteiger partial charge in [0, 0.05) is 31.0 Å². The molecule has 3 heteroatoms. The maximum Gasteiger partial charge on any atom is 0.0702 e. The van der Waals surface area contributed by atoms with Crippen molar-refractivity contribution in [3.63, 3.8) is 0 Å². The van der Waals surface area contributed by atoms with E-state index in [4.69, 9.17) is 9.47 Å². The van der Waals surface area contributed by atoms with Crippen LogP contribution < -0.4 is 0 Å². The van der Waals surface area contributed by atoms with Crippen LogP contribution in [0.4, 0.5) is 0 Å². The Hall–Kier alpha value is -0.120. The van der Waals surface area contributed by atoms with Crippen molar-refractivity contribution in [2.24, 2.45) is 11.8 Å². The van der Waals surface area contributed by atoms with Crippen LogP contribution in [0.2, 0.25) is 0 Å². The molecule has 0 aromatic rings. The Bertz CT molecular complexity index is 196. The van der Waals surface area contributed by atoms with Gasteiger partial charge in [-0.3, -0.25) is 0 Å². The molecule has 2 saturated heterocycles. The van der Waals surface area contributed by atoms with Crippen LogP contribution in [0.5, 0.6) is 0 Å². The second-order valence-electron chi connectivity index (χ2n) is 4.56. The van der Waals surface area contributed by atoms with Gasteiger partial charge >= 0.3 is 0 Å². The van der Waals surface area contributed by atoms with Crippen molar-refractivity contribution in [3.05, 3.63) is 0 Å².